The summed E-state index contributed by atoms with van der Waals surface area (Å²) in [6, 6.07) is 15.6. The second kappa shape index (κ2) is 8.58. The number of Topliss-reactive ketones (excluding diaryl/α,β-unsaturated/α-hetero) is 1. The van der Waals surface area contributed by atoms with Crippen molar-refractivity contribution in [3.63, 3.8) is 0 Å². The van der Waals surface area contributed by atoms with Crippen molar-refractivity contribution in [1.82, 2.24) is 0 Å². The molecule has 0 spiro atoms. The molecule has 0 unspecified atom stereocenters. The van der Waals surface area contributed by atoms with Crippen LogP contribution in [0.4, 0.5) is 5.69 Å². The molecule has 0 radical (unpaired) electrons. The van der Waals surface area contributed by atoms with Crippen LogP contribution in [0.1, 0.15) is 35.7 Å². The van der Waals surface area contributed by atoms with E-state index in [-0.39, 0.29) is 36.0 Å². The number of carbonyl (C=O) groups excluding carboxylic acids is 2. The van der Waals surface area contributed by atoms with Gasteiger partial charge in [-0.3, -0.25) is 9.59 Å². The summed E-state index contributed by atoms with van der Waals surface area (Å²) in [5.74, 6) is -0.405. The number of rotatable bonds is 8. The fourth-order valence-electron chi connectivity index (χ4n) is 2.39. The van der Waals surface area contributed by atoms with Gasteiger partial charge in [-0.25, -0.2) is 8.42 Å². The zero-order chi connectivity index (χ0) is 18.3. The lowest BCUT2D eigenvalue weighted by Crippen LogP contribution is -2.15. The van der Waals surface area contributed by atoms with Crippen LogP contribution in [0.15, 0.2) is 54.6 Å². The second-order valence-electron chi connectivity index (χ2n) is 5.87. The standard InChI is InChI=1S/C19H21NO4S/c1-15(21)17-9-5-10-18(13-17)20-19(22)11-6-12-25(23,24)14-16-7-3-2-4-8-16/h2-5,7-10,13H,6,11-12,14H2,1H3,(H,20,22). The van der Waals surface area contributed by atoms with E-state index in [0.29, 0.717) is 11.3 Å². The SMILES string of the molecule is CC(=O)c1cccc(NC(=O)CCCS(=O)(=O)Cc2ccccc2)c1. The van der Waals surface area contributed by atoms with E-state index in [1.54, 1.807) is 48.5 Å². The van der Waals surface area contributed by atoms with Gasteiger partial charge in [0.15, 0.2) is 15.6 Å². The smallest absolute Gasteiger partial charge is 0.224 e. The van der Waals surface area contributed by atoms with Crippen LogP contribution in [0.3, 0.4) is 0 Å². The molecule has 2 aromatic carbocycles. The molecular weight excluding hydrogens is 338 g/mol. The van der Waals surface area contributed by atoms with Gasteiger partial charge in [0.05, 0.1) is 11.5 Å². The molecule has 0 heterocycles. The maximum Gasteiger partial charge on any atom is 0.224 e. The highest BCUT2D eigenvalue weighted by Crippen LogP contribution is 2.13. The van der Waals surface area contributed by atoms with Gasteiger partial charge in [-0.05, 0) is 31.0 Å². The van der Waals surface area contributed by atoms with Crippen molar-refractivity contribution in [2.45, 2.75) is 25.5 Å². The highest BCUT2D eigenvalue weighted by Gasteiger charge is 2.13. The Bertz CT molecular complexity index is 845. The molecule has 0 saturated heterocycles. The van der Waals surface area contributed by atoms with E-state index in [9.17, 15) is 18.0 Å². The number of ketones is 1. The molecule has 0 aliphatic carbocycles. The van der Waals surface area contributed by atoms with Gasteiger partial charge >= 0.3 is 0 Å². The molecule has 5 nitrogen and oxygen atoms in total. The van der Waals surface area contributed by atoms with Gasteiger partial charge in [-0.1, -0.05) is 42.5 Å². The third-order valence-electron chi connectivity index (χ3n) is 3.64. The Labute approximate surface area is 148 Å². The predicted octanol–water partition coefficient (Wildman–Crippen LogP) is 3.22. The summed E-state index contributed by atoms with van der Waals surface area (Å²) in [5, 5.41) is 2.69. The minimum atomic E-state index is -3.25. The fraction of sp³-hybridized carbons (Fsp3) is 0.263. The van der Waals surface area contributed by atoms with Crippen LogP contribution in [0, 0.1) is 0 Å². The van der Waals surface area contributed by atoms with E-state index in [0.717, 1.165) is 5.56 Å². The summed E-state index contributed by atoms with van der Waals surface area (Å²) < 4.78 is 24.2. The molecule has 25 heavy (non-hydrogen) atoms. The molecule has 1 N–H and O–H groups in total. The van der Waals surface area contributed by atoms with Crippen LogP contribution in [0.25, 0.3) is 0 Å². The molecule has 0 atom stereocenters. The van der Waals surface area contributed by atoms with Gasteiger partial charge in [0.25, 0.3) is 0 Å². The third-order valence-corrected chi connectivity index (χ3v) is 5.33. The van der Waals surface area contributed by atoms with Crippen molar-refractivity contribution in [3.05, 3.63) is 65.7 Å². The highest BCUT2D eigenvalue weighted by molar-refractivity contribution is 7.90. The number of carbonyl (C=O) groups is 2. The largest absolute Gasteiger partial charge is 0.326 e. The summed E-state index contributed by atoms with van der Waals surface area (Å²) >= 11 is 0. The van der Waals surface area contributed by atoms with Crippen LogP contribution in [-0.4, -0.2) is 25.9 Å². The van der Waals surface area contributed by atoms with Crippen LogP contribution < -0.4 is 5.32 Å². The predicted molar refractivity (Wildman–Crippen MR) is 98.2 cm³/mol. The molecule has 0 fully saturated rings. The van der Waals surface area contributed by atoms with E-state index in [1.165, 1.54) is 6.92 Å². The summed E-state index contributed by atoms with van der Waals surface area (Å²) in [4.78, 5) is 23.3. The normalized spacial score (nSPS) is 11.1. The minimum absolute atomic E-state index is 0.0177. The van der Waals surface area contributed by atoms with E-state index in [2.05, 4.69) is 5.32 Å². The number of hydrogen-bond donors (Lipinski definition) is 1. The second-order valence-corrected chi connectivity index (χ2v) is 8.05. The van der Waals surface area contributed by atoms with Crippen molar-refractivity contribution in [3.8, 4) is 0 Å². The monoisotopic (exact) mass is 359 g/mol. The Balaban J connectivity index is 1.82. The first-order valence-corrected chi connectivity index (χ1v) is 9.83. The van der Waals surface area contributed by atoms with E-state index >= 15 is 0 Å². The first-order valence-electron chi connectivity index (χ1n) is 8.01. The number of benzene rings is 2. The van der Waals surface area contributed by atoms with E-state index < -0.39 is 9.84 Å². The molecule has 0 aliphatic rings. The van der Waals surface area contributed by atoms with Crippen molar-refractivity contribution < 1.29 is 18.0 Å². The van der Waals surface area contributed by atoms with E-state index in [4.69, 9.17) is 0 Å². The molecule has 1 amide bonds. The molecule has 0 aromatic heterocycles. The zero-order valence-corrected chi connectivity index (χ0v) is 14.9. The van der Waals surface area contributed by atoms with Crippen molar-refractivity contribution in [2.75, 3.05) is 11.1 Å². The van der Waals surface area contributed by atoms with Crippen LogP contribution in [0.5, 0.6) is 0 Å². The molecule has 2 rings (SSSR count). The number of hydrogen-bond acceptors (Lipinski definition) is 4. The van der Waals surface area contributed by atoms with Crippen molar-refractivity contribution >= 4 is 27.2 Å². The van der Waals surface area contributed by atoms with Gasteiger partial charge in [0.2, 0.25) is 5.91 Å². The summed E-state index contributed by atoms with van der Waals surface area (Å²) in [7, 11) is -3.25. The Kier molecular flexibility index (Phi) is 6.47. The minimum Gasteiger partial charge on any atom is -0.326 e. The molecule has 0 saturated carbocycles. The summed E-state index contributed by atoms with van der Waals surface area (Å²) in [6.45, 7) is 1.46. The third kappa shape index (κ3) is 6.51. The Hall–Kier alpha value is -2.47. The molecule has 0 bridgehead atoms. The lowest BCUT2D eigenvalue weighted by atomic mass is 10.1. The number of sulfone groups is 1. The van der Waals surface area contributed by atoms with Gasteiger partial charge < -0.3 is 5.32 Å². The van der Waals surface area contributed by atoms with Gasteiger partial charge in [-0.2, -0.15) is 0 Å². The number of anilines is 1. The maximum atomic E-state index is 12.1. The molecule has 0 aliphatic heterocycles. The molecule has 6 heteroatoms. The Morgan fingerprint density at radius 1 is 1.00 bits per heavy atom. The maximum absolute atomic E-state index is 12.1. The zero-order valence-electron chi connectivity index (χ0n) is 14.1. The summed E-state index contributed by atoms with van der Waals surface area (Å²) in [5.41, 5.74) is 1.79. The quantitative estimate of drug-likeness (QED) is 0.734. The van der Waals surface area contributed by atoms with Crippen LogP contribution in [-0.2, 0) is 20.4 Å². The van der Waals surface area contributed by atoms with Gasteiger partial charge in [0.1, 0.15) is 0 Å². The first-order chi connectivity index (χ1) is 11.9. The average molecular weight is 359 g/mol. The average Bonchev–Trinajstić information content (AvgIpc) is 2.55. The first kappa shape index (κ1) is 18.9. The lowest BCUT2D eigenvalue weighted by molar-refractivity contribution is -0.116. The van der Waals surface area contributed by atoms with Gasteiger partial charge in [0, 0.05) is 17.7 Å². The topological polar surface area (TPSA) is 80.3 Å². The number of nitrogens with one attached hydrogen (secondary N) is 1. The van der Waals surface area contributed by atoms with Crippen molar-refractivity contribution in [1.29, 1.82) is 0 Å². The molecular formula is C19H21NO4S. The van der Waals surface area contributed by atoms with Crippen molar-refractivity contribution in [2.24, 2.45) is 0 Å². The Morgan fingerprint density at radius 2 is 1.72 bits per heavy atom. The fourth-order valence-corrected chi connectivity index (χ4v) is 3.82. The van der Waals surface area contributed by atoms with E-state index in [1.807, 2.05) is 6.07 Å². The Morgan fingerprint density at radius 3 is 2.40 bits per heavy atom. The van der Waals surface area contributed by atoms with Crippen LogP contribution in [0.2, 0.25) is 0 Å². The van der Waals surface area contributed by atoms with Gasteiger partial charge in [-0.15, -0.1) is 0 Å². The molecule has 132 valence electrons. The lowest BCUT2D eigenvalue weighted by Gasteiger charge is -2.07. The van der Waals surface area contributed by atoms with Crippen LogP contribution >= 0.6 is 0 Å². The number of amides is 1. The molecule has 2 aromatic rings. The highest BCUT2D eigenvalue weighted by atomic mass is 32.2. The summed E-state index contributed by atoms with van der Waals surface area (Å²) in [6.07, 6.45) is 0.367.